The van der Waals surface area contributed by atoms with E-state index in [9.17, 15) is 0 Å². The van der Waals surface area contributed by atoms with E-state index >= 15 is 0 Å². The molecule has 3 aliphatic rings. The summed E-state index contributed by atoms with van der Waals surface area (Å²) in [5.41, 5.74) is 18.8. The number of anilines is 3. The second-order valence-corrected chi connectivity index (χ2v) is 15.3. The van der Waals surface area contributed by atoms with Gasteiger partial charge in [0.1, 0.15) is 0 Å². The van der Waals surface area contributed by atoms with Crippen LogP contribution in [0.25, 0.3) is 55.9 Å². The summed E-state index contributed by atoms with van der Waals surface area (Å²) in [4.78, 5) is 2.61. The van der Waals surface area contributed by atoms with Crippen LogP contribution in [-0.4, -0.2) is 0 Å². The smallest absolute Gasteiger partial charge is 0.212 e. The zero-order valence-corrected chi connectivity index (χ0v) is 30.2. The Bertz CT molecular complexity index is 2720. The van der Waals surface area contributed by atoms with Crippen molar-refractivity contribution < 1.29 is 9.13 Å². The van der Waals surface area contributed by atoms with E-state index < -0.39 is 0 Å². The van der Waals surface area contributed by atoms with Crippen LogP contribution in [0.3, 0.4) is 0 Å². The highest BCUT2D eigenvalue weighted by Crippen LogP contribution is 2.60. The van der Waals surface area contributed by atoms with Crippen LogP contribution in [0, 0.1) is 0 Å². The first-order valence-corrected chi connectivity index (χ1v) is 19.0. The van der Waals surface area contributed by atoms with Crippen LogP contribution in [0.4, 0.5) is 17.1 Å². The zero-order valence-electron chi connectivity index (χ0n) is 30.2. The first-order valence-electron chi connectivity index (χ1n) is 19.0. The Kier molecular flexibility index (Phi) is 6.87. The minimum Gasteiger partial charge on any atom is -0.310 e. The molecular weight excluding hydrogens is 655 g/mol. The molecule has 0 saturated heterocycles. The molecule has 6 aromatic carbocycles. The fourth-order valence-electron chi connectivity index (χ4n) is 9.71. The van der Waals surface area contributed by atoms with E-state index in [2.05, 4.69) is 209 Å². The van der Waals surface area contributed by atoms with Crippen molar-refractivity contribution in [2.24, 2.45) is 0 Å². The minimum atomic E-state index is -0.226. The van der Waals surface area contributed by atoms with Crippen LogP contribution in [0.1, 0.15) is 24.0 Å². The average Bonchev–Trinajstić information content (AvgIpc) is 3.32. The molecule has 8 aromatic rings. The normalized spacial score (nSPS) is 17.4. The molecule has 0 saturated carbocycles. The van der Waals surface area contributed by atoms with Crippen molar-refractivity contribution in [3.8, 4) is 55.9 Å². The maximum absolute atomic E-state index is 2.61. The number of fused-ring (bicyclic) bond motifs is 5. The number of rotatable bonds is 4. The Hall–Kier alpha value is -6.58. The molecule has 2 aromatic heterocycles. The van der Waals surface area contributed by atoms with Crippen molar-refractivity contribution in [3.63, 3.8) is 0 Å². The van der Waals surface area contributed by atoms with E-state index in [1.165, 1.54) is 78.4 Å². The first-order chi connectivity index (χ1) is 26.6. The molecule has 11 rings (SSSR count). The summed E-state index contributed by atoms with van der Waals surface area (Å²) in [7, 11) is 0. The molecule has 3 aliphatic heterocycles. The maximum Gasteiger partial charge on any atom is 0.212 e. The average molecular weight is 694 g/mol. The Morgan fingerprint density at radius 1 is 0.481 bits per heavy atom. The van der Waals surface area contributed by atoms with Gasteiger partial charge in [-0.05, 0) is 88.8 Å². The van der Waals surface area contributed by atoms with Gasteiger partial charge in [0.05, 0.1) is 33.8 Å². The fourth-order valence-corrected chi connectivity index (χ4v) is 9.71. The second kappa shape index (κ2) is 12.0. The summed E-state index contributed by atoms with van der Waals surface area (Å²) >= 11 is 0. The first kappa shape index (κ1) is 31.0. The largest absolute Gasteiger partial charge is 0.310 e. The van der Waals surface area contributed by atoms with Crippen LogP contribution < -0.4 is 14.0 Å². The zero-order chi connectivity index (χ0) is 35.8. The molecule has 0 N–H and O–H groups in total. The monoisotopic (exact) mass is 693 g/mol. The Balaban J connectivity index is 1.28. The quantitative estimate of drug-likeness (QED) is 0.167. The topological polar surface area (TPSA) is 11.0 Å². The molecule has 54 heavy (non-hydrogen) atoms. The lowest BCUT2D eigenvalue weighted by Gasteiger charge is -2.40. The predicted molar refractivity (Wildman–Crippen MR) is 219 cm³/mol. The molecule has 2 unspecified atom stereocenters. The number of benzene rings is 6. The van der Waals surface area contributed by atoms with E-state index in [4.69, 9.17) is 0 Å². The van der Waals surface area contributed by atoms with Gasteiger partial charge >= 0.3 is 0 Å². The number of hydrogen-bond donors (Lipinski definition) is 0. The third kappa shape index (κ3) is 4.68. The van der Waals surface area contributed by atoms with Crippen LogP contribution >= 0.6 is 0 Å². The Labute approximate surface area is 316 Å². The summed E-state index contributed by atoms with van der Waals surface area (Å²) in [5, 5.41) is 0. The van der Waals surface area contributed by atoms with E-state index in [0.29, 0.717) is 0 Å². The summed E-state index contributed by atoms with van der Waals surface area (Å²) in [5.74, 6) is 0.210. The maximum atomic E-state index is 2.61. The van der Waals surface area contributed by atoms with Crippen molar-refractivity contribution in [1.29, 1.82) is 0 Å². The third-order valence-electron chi connectivity index (χ3n) is 12.2. The number of hydrogen-bond acceptors (Lipinski definition) is 1. The molecule has 2 atom stereocenters. The standard InChI is InChI=1S/C51H39N3/c1-51-34-53-28-14-12-22-46(53)43-30-40(37-19-9-4-10-20-37)32-48(50(43)51)54(41-25-23-38(24-26-41)35-15-5-2-6-16-35)47-31-39(36-17-7-3-8-18-36)29-42-45-21-11-13-27-52(45)33-44(51)49(42)47/h2-32,44H,33-34H2,1H3/q+2. The Morgan fingerprint density at radius 2 is 0.981 bits per heavy atom. The summed E-state index contributed by atoms with van der Waals surface area (Å²) in [6, 6.07) is 65.0. The van der Waals surface area contributed by atoms with Crippen LogP contribution in [0.2, 0.25) is 0 Å². The molecule has 0 fully saturated rings. The van der Waals surface area contributed by atoms with Gasteiger partial charge in [-0.2, -0.15) is 9.13 Å². The van der Waals surface area contributed by atoms with Gasteiger partial charge in [-0.15, -0.1) is 0 Å². The SMILES string of the molecule is CC12C[n+]3ccccc3-c3cc(-c4ccccc4)cc(c31)N(c1ccc(-c3ccccc3)cc1)c1cc(-c3ccccc3)cc3c1C2C[n+]1ccccc1-3. The van der Waals surface area contributed by atoms with Crippen molar-refractivity contribution in [3.05, 3.63) is 199 Å². The molecule has 256 valence electrons. The lowest BCUT2D eigenvalue weighted by Crippen LogP contribution is -2.56. The van der Waals surface area contributed by atoms with Gasteiger partial charge in [-0.25, -0.2) is 0 Å². The van der Waals surface area contributed by atoms with E-state index in [1.54, 1.807) is 0 Å². The summed E-state index contributed by atoms with van der Waals surface area (Å²) in [6.45, 7) is 4.34. The lowest BCUT2D eigenvalue weighted by atomic mass is 9.63. The molecule has 0 spiro atoms. The molecule has 0 bridgehead atoms. The Morgan fingerprint density at radius 3 is 1.61 bits per heavy atom. The van der Waals surface area contributed by atoms with Gasteiger partial charge in [0, 0.05) is 41.1 Å². The predicted octanol–water partition coefficient (Wildman–Crippen LogP) is 11.4. The van der Waals surface area contributed by atoms with Gasteiger partial charge < -0.3 is 4.90 Å². The summed E-state index contributed by atoms with van der Waals surface area (Å²) in [6.07, 6.45) is 4.57. The summed E-state index contributed by atoms with van der Waals surface area (Å²) < 4.78 is 5.01. The fraction of sp³-hybridized carbons (Fsp3) is 0.0980. The van der Waals surface area contributed by atoms with Crippen molar-refractivity contribution in [1.82, 2.24) is 0 Å². The number of nitrogens with zero attached hydrogens (tertiary/aromatic N) is 3. The van der Waals surface area contributed by atoms with Crippen LogP contribution in [0.15, 0.2) is 188 Å². The highest BCUT2D eigenvalue weighted by Gasteiger charge is 2.55. The minimum absolute atomic E-state index is 0.210. The highest BCUT2D eigenvalue weighted by molar-refractivity contribution is 5.95. The van der Waals surface area contributed by atoms with Gasteiger partial charge in [-0.3, -0.25) is 0 Å². The van der Waals surface area contributed by atoms with Gasteiger partial charge in [0.2, 0.25) is 11.4 Å². The van der Waals surface area contributed by atoms with Gasteiger partial charge in [-0.1, -0.05) is 103 Å². The molecule has 3 nitrogen and oxygen atoms in total. The van der Waals surface area contributed by atoms with E-state index in [0.717, 1.165) is 18.8 Å². The number of aromatic nitrogens is 2. The van der Waals surface area contributed by atoms with Crippen LogP contribution in [-0.2, 0) is 18.5 Å². The molecule has 0 radical (unpaired) electrons. The van der Waals surface area contributed by atoms with Crippen molar-refractivity contribution in [2.45, 2.75) is 31.3 Å². The molecule has 3 heteroatoms. The molecular formula is C51H39N3+2. The van der Waals surface area contributed by atoms with Crippen molar-refractivity contribution in [2.75, 3.05) is 4.90 Å². The molecule has 5 heterocycles. The highest BCUT2D eigenvalue weighted by atomic mass is 15.2. The lowest BCUT2D eigenvalue weighted by molar-refractivity contribution is -0.709. The van der Waals surface area contributed by atoms with Crippen molar-refractivity contribution >= 4 is 17.1 Å². The van der Waals surface area contributed by atoms with Crippen LogP contribution in [0.5, 0.6) is 0 Å². The number of pyridine rings is 2. The van der Waals surface area contributed by atoms with E-state index in [1.807, 2.05) is 0 Å². The third-order valence-corrected chi connectivity index (χ3v) is 12.2. The van der Waals surface area contributed by atoms with E-state index in [-0.39, 0.29) is 11.3 Å². The molecule has 0 amide bonds. The molecule has 0 aliphatic carbocycles. The van der Waals surface area contributed by atoms with Gasteiger partial charge in [0.15, 0.2) is 25.5 Å². The van der Waals surface area contributed by atoms with Gasteiger partial charge in [0.25, 0.3) is 0 Å². The second-order valence-electron chi connectivity index (χ2n) is 15.3.